The molecule has 1 N–H and O–H groups in total. The van der Waals surface area contributed by atoms with Crippen molar-refractivity contribution < 1.29 is 5.11 Å². The van der Waals surface area contributed by atoms with E-state index in [9.17, 15) is 5.11 Å². The molecular weight excluding hydrogens is 440 g/mol. The first-order chi connectivity index (χ1) is 17.1. The van der Waals surface area contributed by atoms with Crippen LogP contribution >= 0.6 is 0 Å². The molecule has 36 heavy (non-hydrogen) atoms. The van der Waals surface area contributed by atoms with E-state index in [1.807, 2.05) is 30.3 Å². The van der Waals surface area contributed by atoms with Gasteiger partial charge >= 0.3 is 0 Å². The second-order valence-electron chi connectivity index (χ2n) is 14.0. The molecule has 3 saturated carbocycles. The molecule has 0 aromatic heterocycles. The Morgan fingerprint density at radius 3 is 2.47 bits per heavy atom. The standard InChI is InChI=1S/C33H50N2O/c1-23(2)10-9-11-24(3)28-16-17-29-27-15-14-25-22-33(36,35-34-26-12-7-6-8-13-26)21-20-31(25,4)30(27)18-19-32(28,29)5/h6-8,12-14,23-24,27-30,36H,9-11,15-22H2,1-5H3/t24-,27?,28-,29?,30?,31+,32-,33?/m1/s1. The highest BCUT2D eigenvalue weighted by molar-refractivity contribution is 5.35. The summed E-state index contributed by atoms with van der Waals surface area (Å²) in [6.07, 6.45) is 16.0. The number of fused-ring (bicyclic) bond motifs is 5. The minimum absolute atomic E-state index is 0.222. The van der Waals surface area contributed by atoms with Crippen molar-refractivity contribution in [1.82, 2.24) is 0 Å². The summed E-state index contributed by atoms with van der Waals surface area (Å²) in [5.74, 6) is 5.06. The predicted octanol–water partition coefficient (Wildman–Crippen LogP) is 9.50. The van der Waals surface area contributed by atoms with E-state index in [0.29, 0.717) is 11.8 Å². The average molecular weight is 491 g/mol. The van der Waals surface area contributed by atoms with Crippen LogP contribution in [0.1, 0.15) is 105 Å². The lowest BCUT2D eigenvalue weighted by Gasteiger charge is -2.59. The Hall–Kier alpha value is -1.48. The molecular formula is C33H50N2O. The van der Waals surface area contributed by atoms with Crippen LogP contribution in [0.15, 0.2) is 52.2 Å². The lowest BCUT2D eigenvalue weighted by Crippen LogP contribution is -2.52. The average Bonchev–Trinajstić information content (AvgIpc) is 3.21. The van der Waals surface area contributed by atoms with E-state index in [1.165, 1.54) is 56.9 Å². The first kappa shape index (κ1) is 26.1. The van der Waals surface area contributed by atoms with Crippen LogP contribution in [0, 0.1) is 46.3 Å². The highest BCUT2D eigenvalue weighted by Crippen LogP contribution is 2.67. The molecule has 0 bridgehead atoms. The third-order valence-electron chi connectivity index (χ3n) is 11.5. The van der Waals surface area contributed by atoms with Crippen LogP contribution in [-0.2, 0) is 0 Å². The number of nitrogens with zero attached hydrogens (tertiary/aromatic N) is 2. The predicted molar refractivity (Wildman–Crippen MR) is 149 cm³/mol. The van der Waals surface area contributed by atoms with Gasteiger partial charge < -0.3 is 5.11 Å². The SMILES string of the molecule is CC(C)CCC[C@@H](C)[C@H]1CCC2C3CC=C4CC(O)(N=Nc5ccccc5)CC[C@]4(C)C3CC[C@@]21C. The number of rotatable bonds is 7. The van der Waals surface area contributed by atoms with Crippen LogP contribution in [0.2, 0.25) is 0 Å². The highest BCUT2D eigenvalue weighted by Gasteiger charge is 2.60. The maximum atomic E-state index is 11.4. The molecule has 0 radical (unpaired) electrons. The van der Waals surface area contributed by atoms with Gasteiger partial charge in [-0.3, -0.25) is 0 Å². The van der Waals surface area contributed by atoms with E-state index in [4.69, 9.17) is 0 Å². The van der Waals surface area contributed by atoms with Gasteiger partial charge in [0, 0.05) is 6.42 Å². The monoisotopic (exact) mass is 490 g/mol. The Morgan fingerprint density at radius 1 is 0.944 bits per heavy atom. The summed E-state index contributed by atoms with van der Waals surface area (Å²) in [5.41, 5.74) is 1.97. The largest absolute Gasteiger partial charge is 0.367 e. The fourth-order valence-corrected chi connectivity index (χ4v) is 9.39. The van der Waals surface area contributed by atoms with E-state index in [0.717, 1.165) is 54.0 Å². The van der Waals surface area contributed by atoms with E-state index >= 15 is 0 Å². The van der Waals surface area contributed by atoms with Crippen LogP contribution in [0.4, 0.5) is 5.69 Å². The number of hydrogen-bond donors (Lipinski definition) is 1. The molecule has 0 amide bonds. The highest BCUT2D eigenvalue weighted by atomic mass is 16.3. The Bertz CT molecular complexity index is 969. The molecule has 0 saturated heterocycles. The number of allylic oxidation sites excluding steroid dienone is 1. The quantitative estimate of drug-likeness (QED) is 0.300. The van der Waals surface area contributed by atoms with Crippen molar-refractivity contribution in [2.75, 3.05) is 0 Å². The molecule has 8 atom stereocenters. The van der Waals surface area contributed by atoms with Gasteiger partial charge in [-0.1, -0.05) is 83.7 Å². The molecule has 4 aliphatic rings. The lowest BCUT2D eigenvalue weighted by atomic mass is 9.46. The second-order valence-corrected chi connectivity index (χ2v) is 14.0. The molecule has 1 aromatic rings. The minimum Gasteiger partial charge on any atom is -0.367 e. The van der Waals surface area contributed by atoms with Crippen LogP contribution in [0.25, 0.3) is 0 Å². The van der Waals surface area contributed by atoms with Gasteiger partial charge in [-0.05, 0) is 103 Å². The normalized spacial score (nSPS) is 41.0. The van der Waals surface area contributed by atoms with E-state index in [-0.39, 0.29) is 5.41 Å². The molecule has 4 aliphatic carbocycles. The van der Waals surface area contributed by atoms with Crippen molar-refractivity contribution in [1.29, 1.82) is 0 Å². The van der Waals surface area contributed by atoms with Crippen molar-refractivity contribution in [2.24, 2.45) is 56.6 Å². The van der Waals surface area contributed by atoms with Gasteiger partial charge in [-0.2, -0.15) is 10.2 Å². The van der Waals surface area contributed by atoms with Crippen LogP contribution in [0.3, 0.4) is 0 Å². The molecule has 3 heteroatoms. The fourth-order valence-electron chi connectivity index (χ4n) is 9.39. The van der Waals surface area contributed by atoms with Gasteiger partial charge in [0.25, 0.3) is 0 Å². The topological polar surface area (TPSA) is 45.0 Å². The van der Waals surface area contributed by atoms with Crippen molar-refractivity contribution in [3.63, 3.8) is 0 Å². The van der Waals surface area contributed by atoms with Gasteiger partial charge in [0.2, 0.25) is 0 Å². The Morgan fingerprint density at radius 2 is 1.72 bits per heavy atom. The van der Waals surface area contributed by atoms with Gasteiger partial charge in [0.15, 0.2) is 5.72 Å². The molecule has 1 aromatic carbocycles. The zero-order chi connectivity index (χ0) is 25.6. The molecule has 0 aliphatic heterocycles. The van der Waals surface area contributed by atoms with Crippen molar-refractivity contribution in [3.05, 3.63) is 42.0 Å². The number of azo groups is 1. The molecule has 5 rings (SSSR count). The van der Waals surface area contributed by atoms with E-state index in [2.05, 4.69) is 50.9 Å². The first-order valence-corrected chi connectivity index (χ1v) is 15.0. The van der Waals surface area contributed by atoms with E-state index in [1.54, 1.807) is 0 Å². The molecule has 3 fully saturated rings. The maximum absolute atomic E-state index is 11.4. The summed E-state index contributed by atoms with van der Waals surface area (Å²) in [5, 5.41) is 20.3. The third-order valence-corrected chi connectivity index (χ3v) is 11.5. The number of hydrogen-bond acceptors (Lipinski definition) is 3. The van der Waals surface area contributed by atoms with Gasteiger partial charge in [-0.15, -0.1) is 0 Å². The summed E-state index contributed by atoms with van der Waals surface area (Å²) >= 11 is 0. The zero-order valence-corrected chi connectivity index (χ0v) is 23.5. The number of aliphatic hydroxyl groups is 1. The van der Waals surface area contributed by atoms with Crippen molar-refractivity contribution in [3.8, 4) is 0 Å². The summed E-state index contributed by atoms with van der Waals surface area (Å²) in [6, 6.07) is 9.82. The summed E-state index contributed by atoms with van der Waals surface area (Å²) in [6.45, 7) is 12.5. The van der Waals surface area contributed by atoms with Crippen molar-refractivity contribution in [2.45, 2.75) is 111 Å². The van der Waals surface area contributed by atoms with Crippen LogP contribution in [0.5, 0.6) is 0 Å². The van der Waals surface area contributed by atoms with Crippen molar-refractivity contribution >= 4 is 5.69 Å². The summed E-state index contributed by atoms with van der Waals surface area (Å²) < 4.78 is 0. The Labute approximate surface area is 220 Å². The third kappa shape index (κ3) is 4.74. The molecule has 3 nitrogen and oxygen atoms in total. The van der Waals surface area contributed by atoms with E-state index < -0.39 is 5.72 Å². The second kappa shape index (κ2) is 10.0. The van der Waals surface area contributed by atoms with Crippen LogP contribution in [-0.4, -0.2) is 10.8 Å². The fraction of sp³-hybridized carbons (Fsp3) is 0.758. The zero-order valence-electron chi connectivity index (χ0n) is 23.5. The summed E-state index contributed by atoms with van der Waals surface area (Å²) in [7, 11) is 0. The van der Waals surface area contributed by atoms with Gasteiger partial charge in [-0.25, -0.2) is 0 Å². The minimum atomic E-state index is -1.05. The molecule has 0 spiro atoms. The van der Waals surface area contributed by atoms with Gasteiger partial charge in [0.1, 0.15) is 0 Å². The first-order valence-electron chi connectivity index (χ1n) is 15.0. The smallest absolute Gasteiger partial charge is 0.180 e. The molecule has 198 valence electrons. The summed E-state index contributed by atoms with van der Waals surface area (Å²) in [4.78, 5) is 0. The Balaban J connectivity index is 1.29. The van der Waals surface area contributed by atoms with Crippen LogP contribution < -0.4 is 0 Å². The lowest BCUT2D eigenvalue weighted by molar-refractivity contribution is -0.0741. The maximum Gasteiger partial charge on any atom is 0.180 e. The molecule has 4 unspecified atom stereocenters. The number of benzene rings is 1. The Kier molecular flexibility index (Phi) is 7.27. The van der Waals surface area contributed by atoms with Gasteiger partial charge in [0.05, 0.1) is 5.69 Å². The molecule has 0 heterocycles.